The Balaban J connectivity index is 2.19. The molecule has 0 N–H and O–H groups in total. The lowest BCUT2D eigenvalue weighted by atomic mass is 10.2. The van der Waals surface area contributed by atoms with Crippen molar-refractivity contribution in [2.75, 3.05) is 6.61 Å². The molecule has 0 saturated carbocycles. The molecular formula is C15H16N2O3. The highest BCUT2D eigenvalue weighted by molar-refractivity contribution is 5.72. The maximum atomic E-state index is 12.2. The van der Waals surface area contributed by atoms with Gasteiger partial charge < -0.3 is 4.74 Å². The zero-order chi connectivity index (χ0) is 14.4. The van der Waals surface area contributed by atoms with Crippen molar-refractivity contribution in [1.29, 1.82) is 0 Å². The molecule has 2 rings (SSSR count). The molecule has 0 aliphatic carbocycles. The van der Waals surface area contributed by atoms with Gasteiger partial charge in [0.05, 0.1) is 19.6 Å². The van der Waals surface area contributed by atoms with E-state index in [2.05, 4.69) is 5.10 Å². The number of rotatable bonds is 5. The van der Waals surface area contributed by atoms with Crippen LogP contribution in [0.25, 0.3) is 0 Å². The van der Waals surface area contributed by atoms with Crippen LogP contribution >= 0.6 is 0 Å². The van der Waals surface area contributed by atoms with Crippen LogP contribution in [0.4, 0.5) is 0 Å². The summed E-state index contributed by atoms with van der Waals surface area (Å²) in [5, 5.41) is 4.04. The molecule has 0 spiro atoms. The summed E-state index contributed by atoms with van der Waals surface area (Å²) in [5.41, 5.74) is 1.12. The van der Waals surface area contributed by atoms with Crippen LogP contribution in [0.1, 0.15) is 18.1 Å². The van der Waals surface area contributed by atoms with Crippen LogP contribution in [0, 0.1) is 0 Å². The number of aromatic nitrogens is 2. The van der Waals surface area contributed by atoms with Crippen molar-refractivity contribution in [1.82, 2.24) is 9.78 Å². The smallest absolute Gasteiger partial charge is 0.310 e. The number of hydrogen-bond acceptors (Lipinski definition) is 4. The molecule has 0 saturated heterocycles. The minimum absolute atomic E-state index is 0.0238. The summed E-state index contributed by atoms with van der Waals surface area (Å²) in [7, 11) is 0. The van der Waals surface area contributed by atoms with Crippen LogP contribution in [-0.4, -0.2) is 22.4 Å². The van der Waals surface area contributed by atoms with Gasteiger partial charge in [-0.1, -0.05) is 30.3 Å². The number of carbonyl (C=O) groups excluding carboxylic acids is 1. The maximum absolute atomic E-state index is 12.2. The van der Waals surface area contributed by atoms with Crippen LogP contribution in [0.3, 0.4) is 0 Å². The van der Waals surface area contributed by atoms with Crippen molar-refractivity contribution >= 4 is 5.97 Å². The molecule has 1 aromatic heterocycles. The molecule has 104 valence electrons. The SMILES string of the molecule is CCOC(=O)Cc1ccnn(Cc2ccccc2)c1=O. The van der Waals surface area contributed by atoms with Crippen molar-refractivity contribution in [3.63, 3.8) is 0 Å². The van der Waals surface area contributed by atoms with E-state index >= 15 is 0 Å². The summed E-state index contributed by atoms with van der Waals surface area (Å²) in [6.45, 7) is 2.43. The van der Waals surface area contributed by atoms with Crippen molar-refractivity contribution in [3.05, 3.63) is 64.1 Å². The minimum Gasteiger partial charge on any atom is -0.466 e. The molecule has 0 amide bonds. The third-order valence-corrected chi connectivity index (χ3v) is 2.81. The molecule has 0 fully saturated rings. The Hall–Kier alpha value is -2.43. The summed E-state index contributed by atoms with van der Waals surface area (Å²) < 4.78 is 6.20. The number of hydrogen-bond donors (Lipinski definition) is 0. The van der Waals surface area contributed by atoms with Crippen molar-refractivity contribution in [3.8, 4) is 0 Å². The Morgan fingerprint density at radius 2 is 2.00 bits per heavy atom. The van der Waals surface area contributed by atoms with E-state index in [0.29, 0.717) is 18.7 Å². The summed E-state index contributed by atoms with van der Waals surface area (Å²) in [4.78, 5) is 23.6. The molecule has 0 atom stereocenters. The monoisotopic (exact) mass is 272 g/mol. The topological polar surface area (TPSA) is 61.2 Å². The number of carbonyl (C=O) groups is 1. The van der Waals surface area contributed by atoms with E-state index in [4.69, 9.17) is 4.74 Å². The molecule has 1 aromatic carbocycles. The quantitative estimate of drug-likeness (QED) is 0.772. The number of ether oxygens (including phenoxy) is 1. The first-order valence-corrected chi connectivity index (χ1v) is 6.45. The summed E-state index contributed by atoms with van der Waals surface area (Å²) in [6.07, 6.45) is 1.50. The fraction of sp³-hybridized carbons (Fsp3) is 0.267. The van der Waals surface area contributed by atoms with Crippen LogP contribution in [0.15, 0.2) is 47.4 Å². The second kappa shape index (κ2) is 6.65. The summed E-state index contributed by atoms with van der Waals surface area (Å²) >= 11 is 0. The lowest BCUT2D eigenvalue weighted by Crippen LogP contribution is -2.27. The van der Waals surface area contributed by atoms with E-state index in [1.807, 2.05) is 30.3 Å². The molecule has 5 nitrogen and oxygen atoms in total. The molecule has 0 unspecified atom stereocenters. The van der Waals surface area contributed by atoms with E-state index in [-0.39, 0.29) is 12.0 Å². The highest BCUT2D eigenvalue weighted by Gasteiger charge is 2.10. The predicted molar refractivity (Wildman–Crippen MR) is 74.4 cm³/mol. The van der Waals surface area contributed by atoms with Gasteiger partial charge in [-0.3, -0.25) is 9.59 Å². The number of benzene rings is 1. The molecule has 2 aromatic rings. The first-order chi connectivity index (χ1) is 9.70. The van der Waals surface area contributed by atoms with Gasteiger partial charge in [0.15, 0.2) is 0 Å². The molecule has 0 aliphatic heterocycles. The van der Waals surface area contributed by atoms with Gasteiger partial charge in [-0.15, -0.1) is 0 Å². The number of esters is 1. The summed E-state index contributed by atoms with van der Waals surface area (Å²) in [5.74, 6) is -0.401. The lowest BCUT2D eigenvalue weighted by Gasteiger charge is -2.07. The van der Waals surface area contributed by atoms with Crippen molar-refractivity contribution in [2.24, 2.45) is 0 Å². The van der Waals surface area contributed by atoms with Gasteiger partial charge in [-0.2, -0.15) is 5.10 Å². The van der Waals surface area contributed by atoms with Gasteiger partial charge >= 0.3 is 5.97 Å². The molecule has 0 bridgehead atoms. The normalized spacial score (nSPS) is 10.2. The average Bonchev–Trinajstić information content (AvgIpc) is 2.45. The largest absolute Gasteiger partial charge is 0.466 e. The van der Waals surface area contributed by atoms with Crippen LogP contribution in [0.5, 0.6) is 0 Å². The molecule has 20 heavy (non-hydrogen) atoms. The van der Waals surface area contributed by atoms with Gasteiger partial charge in [0.25, 0.3) is 5.56 Å². The molecule has 0 radical (unpaired) electrons. The zero-order valence-electron chi connectivity index (χ0n) is 11.3. The van der Waals surface area contributed by atoms with Gasteiger partial charge in [0.2, 0.25) is 0 Å². The van der Waals surface area contributed by atoms with Gasteiger partial charge in [-0.05, 0) is 18.6 Å². The Labute approximate surface area is 116 Å². The first kappa shape index (κ1) is 14.0. The standard InChI is InChI=1S/C15H16N2O3/c1-2-20-14(18)10-13-8-9-16-17(15(13)19)11-12-6-4-3-5-7-12/h3-9H,2,10-11H2,1H3. The predicted octanol–water partition coefficient (Wildman–Crippen LogP) is 1.40. The fourth-order valence-corrected chi connectivity index (χ4v) is 1.86. The highest BCUT2D eigenvalue weighted by atomic mass is 16.5. The Kier molecular flexibility index (Phi) is 4.65. The number of nitrogens with zero attached hydrogens (tertiary/aromatic N) is 2. The van der Waals surface area contributed by atoms with Crippen LogP contribution in [0.2, 0.25) is 0 Å². The van der Waals surface area contributed by atoms with Crippen LogP contribution < -0.4 is 5.56 Å². The zero-order valence-corrected chi connectivity index (χ0v) is 11.3. The van der Waals surface area contributed by atoms with Gasteiger partial charge in [0.1, 0.15) is 0 Å². The highest BCUT2D eigenvalue weighted by Crippen LogP contribution is 2.00. The van der Waals surface area contributed by atoms with Gasteiger partial charge in [-0.25, -0.2) is 4.68 Å². The van der Waals surface area contributed by atoms with Gasteiger partial charge in [0, 0.05) is 11.8 Å². The third kappa shape index (κ3) is 3.54. The second-order valence-electron chi connectivity index (χ2n) is 4.29. The fourth-order valence-electron chi connectivity index (χ4n) is 1.86. The van der Waals surface area contributed by atoms with E-state index in [1.54, 1.807) is 13.0 Å². The van der Waals surface area contributed by atoms with Crippen molar-refractivity contribution < 1.29 is 9.53 Å². The van der Waals surface area contributed by atoms with Crippen molar-refractivity contribution in [2.45, 2.75) is 19.9 Å². The Bertz CT molecular complexity index is 635. The molecular weight excluding hydrogens is 256 g/mol. The second-order valence-corrected chi connectivity index (χ2v) is 4.29. The molecule has 0 aliphatic rings. The van der Waals surface area contributed by atoms with E-state index < -0.39 is 5.97 Å². The molecule has 1 heterocycles. The van der Waals surface area contributed by atoms with E-state index in [0.717, 1.165) is 5.56 Å². The first-order valence-electron chi connectivity index (χ1n) is 6.45. The maximum Gasteiger partial charge on any atom is 0.310 e. The van der Waals surface area contributed by atoms with E-state index in [1.165, 1.54) is 10.9 Å². The third-order valence-electron chi connectivity index (χ3n) is 2.81. The summed E-state index contributed by atoms with van der Waals surface area (Å²) in [6, 6.07) is 11.1. The lowest BCUT2D eigenvalue weighted by molar-refractivity contribution is -0.142. The Morgan fingerprint density at radius 1 is 1.25 bits per heavy atom. The van der Waals surface area contributed by atoms with E-state index in [9.17, 15) is 9.59 Å². The van der Waals surface area contributed by atoms with Crippen LogP contribution in [-0.2, 0) is 22.5 Å². The minimum atomic E-state index is -0.401. The Morgan fingerprint density at radius 3 is 2.70 bits per heavy atom. The average molecular weight is 272 g/mol. The molecule has 5 heteroatoms.